The van der Waals surface area contributed by atoms with E-state index in [1.807, 2.05) is 36.0 Å². The predicted octanol–water partition coefficient (Wildman–Crippen LogP) is 5.43. The van der Waals surface area contributed by atoms with Gasteiger partial charge in [-0.25, -0.2) is 9.97 Å². The van der Waals surface area contributed by atoms with E-state index in [0.717, 1.165) is 16.5 Å². The first kappa shape index (κ1) is 22.9. The fraction of sp³-hybridized carbons (Fsp3) is 0.179. The Morgan fingerprint density at radius 3 is 2.63 bits per heavy atom. The van der Waals surface area contributed by atoms with E-state index in [1.54, 1.807) is 30.6 Å². The molecule has 7 heteroatoms. The molecule has 0 fully saturated rings. The number of carbonyl (C=O) groups is 1. The van der Waals surface area contributed by atoms with Crippen LogP contribution in [0.25, 0.3) is 10.8 Å². The summed E-state index contributed by atoms with van der Waals surface area (Å²) in [6.45, 7) is 5.84. The number of pyridine rings is 2. The van der Waals surface area contributed by atoms with E-state index in [0.29, 0.717) is 33.6 Å². The van der Waals surface area contributed by atoms with Crippen LogP contribution in [0.15, 0.2) is 71.9 Å². The molecule has 0 spiro atoms. The van der Waals surface area contributed by atoms with Gasteiger partial charge in [-0.2, -0.15) is 0 Å². The van der Waals surface area contributed by atoms with Gasteiger partial charge >= 0.3 is 0 Å². The predicted molar refractivity (Wildman–Crippen MR) is 141 cm³/mol. The Morgan fingerprint density at radius 2 is 1.86 bits per heavy atom. The van der Waals surface area contributed by atoms with E-state index in [-0.39, 0.29) is 0 Å². The number of carbonyl (C=O) groups excluding carboxylic acids is 1. The molecule has 1 atom stereocenters. The molecular formula is C28H24N4O2S. The number of anilines is 3. The van der Waals surface area contributed by atoms with Crippen molar-refractivity contribution in [2.75, 3.05) is 10.6 Å². The molecule has 5 rings (SSSR count). The topological polar surface area (TPSA) is 87.1 Å². The normalized spacial score (nSPS) is 16.5. The molecular weight excluding hydrogens is 456 g/mol. The summed E-state index contributed by atoms with van der Waals surface area (Å²) in [7, 11) is 0. The van der Waals surface area contributed by atoms with Crippen LogP contribution in [0.4, 0.5) is 17.2 Å². The van der Waals surface area contributed by atoms with E-state index < -0.39 is 11.5 Å². The van der Waals surface area contributed by atoms with Gasteiger partial charge in [0.2, 0.25) is 0 Å². The first-order valence-corrected chi connectivity index (χ1v) is 12.2. The van der Waals surface area contributed by atoms with E-state index in [1.165, 1.54) is 11.8 Å². The molecule has 2 aromatic heterocycles. The number of thioether (sulfide) groups is 1. The van der Waals surface area contributed by atoms with Crippen molar-refractivity contribution in [3.63, 3.8) is 0 Å². The highest BCUT2D eigenvalue weighted by atomic mass is 32.2. The van der Waals surface area contributed by atoms with Crippen LogP contribution in [-0.2, 0) is 10.4 Å². The zero-order valence-corrected chi connectivity index (χ0v) is 20.4. The fourth-order valence-corrected chi connectivity index (χ4v) is 4.76. The second kappa shape index (κ2) is 9.06. The molecule has 1 aliphatic heterocycles. The molecule has 0 radical (unpaired) electrons. The summed E-state index contributed by atoms with van der Waals surface area (Å²) in [6, 6.07) is 17.4. The average molecular weight is 481 g/mol. The minimum absolute atomic E-state index is 0.436. The summed E-state index contributed by atoms with van der Waals surface area (Å²) in [5, 5.41) is 18.8. The SMILES string of the molecule is CC(C)Sc1ccc(Nc2cc3c(C#Cc4ccc5c(c4)NC(=O)C5(C)O)nccc3cn2)cc1. The maximum Gasteiger partial charge on any atom is 0.260 e. The van der Waals surface area contributed by atoms with Gasteiger partial charge in [-0.3, -0.25) is 4.79 Å². The van der Waals surface area contributed by atoms with Gasteiger partial charge in [-0.05, 0) is 61.4 Å². The van der Waals surface area contributed by atoms with Crippen LogP contribution < -0.4 is 10.6 Å². The fourth-order valence-electron chi connectivity index (χ4n) is 3.92. The Balaban J connectivity index is 1.42. The van der Waals surface area contributed by atoms with Crippen LogP contribution in [0, 0.1) is 11.8 Å². The molecule has 3 heterocycles. The van der Waals surface area contributed by atoms with Crippen molar-refractivity contribution in [1.29, 1.82) is 0 Å². The van der Waals surface area contributed by atoms with E-state index in [2.05, 4.69) is 58.4 Å². The highest BCUT2D eigenvalue weighted by Crippen LogP contribution is 2.36. The molecule has 3 N–H and O–H groups in total. The molecule has 1 aliphatic rings. The van der Waals surface area contributed by atoms with E-state index in [9.17, 15) is 9.90 Å². The molecule has 0 saturated heterocycles. The number of aliphatic hydroxyl groups is 1. The van der Waals surface area contributed by atoms with Crippen molar-refractivity contribution in [2.45, 2.75) is 36.5 Å². The summed E-state index contributed by atoms with van der Waals surface area (Å²) in [5.74, 6) is 6.55. The number of nitrogens with zero attached hydrogens (tertiary/aromatic N) is 2. The minimum Gasteiger partial charge on any atom is -0.375 e. The maximum atomic E-state index is 12.0. The molecule has 0 bridgehead atoms. The van der Waals surface area contributed by atoms with Crippen molar-refractivity contribution >= 4 is 45.6 Å². The second-order valence-electron chi connectivity index (χ2n) is 8.80. The lowest BCUT2D eigenvalue weighted by atomic mass is 9.97. The largest absolute Gasteiger partial charge is 0.375 e. The van der Waals surface area contributed by atoms with E-state index >= 15 is 0 Å². The quantitative estimate of drug-likeness (QED) is 0.267. The summed E-state index contributed by atoms with van der Waals surface area (Å²) < 4.78 is 0. The van der Waals surface area contributed by atoms with Crippen LogP contribution in [0.1, 0.15) is 37.6 Å². The standard InChI is InChI=1S/C28H24N4O2S/c1-17(2)35-21-8-6-20(7-9-21)31-26-15-22-19(16-30-26)12-13-29-24(22)11-5-18-4-10-23-25(14-18)32-27(33)28(23,3)34/h4,6-10,12-17,34H,1-3H3,(H,30,31)(H,32,33). The van der Waals surface area contributed by atoms with Crippen molar-refractivity contribution in [3.05, 3.63) is 83.8 Å². The highest BCUT2D eigenvalue weighted by molar-refractivity contribution is 7.99. The first-order chi connectivity index (χ1) is 16.8. The van der Waals surface area contributed by atoms with Gasteiger partial charge in [0.1, 0.15) is 11.5 Å². The third kappa shape index (κ3) is 4.72. The number of hydrogen-bond acceptors (Lipinski definition) is 6. The van der Waals surface area contributed by atoms with Gasteiger partial charge in [0.25, 0.3) is 5.91 Å². The summed E-state index contributed by atoms with van der Waals surface area (Å²) in [6.07, 6.45) is 3.52. The lowest BCUT2D eigenvalue weighted by Crippen LogP contribution is -2.30. The number of fused-ring (bicyclic) bond motifs is 2. The monoisotopic (exact) mass is 480 g/mol. The van der Waals surface area contributed by atoms with Crippen molar-refractivity contribution in [3.8, 4) is 11.8 Å². The molecule has 174 valence electrons. The molecule has 4 aromatic rings. The average Bonchev–Trinajstić information content (AvgIpc) is 3.06. The number of benzene rings is 2. The van der Waals surface area contributed by atoms with Crippen molar-refractivity contribution in [2.24, 2.45) is 0 Å². The second-order valence-corrected chi connectivity index (χ2v) is 10.5. The summed E-state index contributed by atoms with van der Waals surface area (Å²) >= 11 is 1.83. The van der Waals surface area contributed by atoms with Gasteiger partial charge < -0.3 is 15.7 Å². The van der Waals surface area contributed by atoms with Gasteiger partial charge in [-0.15, -0.1) is 11.8 Å². The molecule has 0 aliphatic carbocycles. The smallest absolute Gasteiger partial charge is 0.260 e. The molecule has 0 saturated carbocycles. The van der Waals surface area contributed by atoms with Gasteiger partial charge in [0, 0.05) is 55.8 Å². The van der Waals surface area contributed by atoms with Crippen LogP contribution in [-0.4, -0.2) is 26.2 Å². The zero-order chi connectivity index (χ0) is 24.6. The highest BCUT2D eigenvalue weighted by Gasteiger charge is 2.40. The lowest BCUT2D eigenvalue weighted by molar-refractivity contribution is -0.131. The zero-order valence-electron chi connectivity index (χ0n) is 19.6. The Labute approximate surface area is 208 Å². The lowest BCUT2D eigenvalue weighted by Gasteiger charge is -2.13. The van der Waals surface area contributed by atoms with Crippen LogP contribution >= 0.6 is 11.8 Å². The number of aromatic nitrogens is 2. The van der Waals surface area contributed by atoms with Gasteiger partial charge in [-0.1, -0.05) is 25.8 Å². The number of rotatable bonds is 4. The van der Waals surface area contributed by atoms with Crippen molar-refractivity contribution in [1.82, 2.24) is 9.97 Å². The number of amides is 1. The molecule has 1 unspecified atom stereocenters. The molecule has 35 heavy (non-hydrogen) atoms. The minimum atomic E-state index is -1.53. The van der Waals surface area contributed by atoms with Gasteiger partial charge in [0.15, 0.2) is 5.60 Å². The van der Waals surface area contributed by atoms with E-state index in [4.69, 9.17) is 0 Å². The summed E-state index contributed by atoms with van der Waals surface area (Å²) in [5.41, 5.74) is 1.90. The van der Waals surface area contributed by atoms with Crippen LogP contribution in [0.3, 0.4) is 0 Å². The first-order valence-electron chi connectivity index (χ1n) is 11.3. The Bertz CT molecular complexity index is 1500. The summed E-state index contributed by atoms with van der Waals surface area (Å²) in [4.78, 5) is 22.2. The third-order valence-electron chi connectivity index (χ3n) is 5.71. The molecule has 1 amide bonds. The molecule has 2 aromatic carbocycles. The van der Waals surface area contributed by atoms with Crippen molar-refractivity contribution < 1.29 is 9.90 Å². The number of hydrogen-bond donors (Lipinski definition) is 3. The number of nitrogens with one attached hydrogen (secondary N) is 2. The molecule has 6 nitrogen and oxygen atoms in total. The van der Waals surface area contributed by atoms with Gasteiger partial charge in [0.05, 0.1) is 0 Å². The maximum absolute atomic E-state index is 12.0. The van der Waals surface area contributed by atoms with Crippen LogP contribution in [0.5, 0.6) is 0 Å². The van der Waals surface area contributed by atoms with Crippen LogP contribution in [0.2, 0.25) is 0 Å². The third-order valence-corrected chi connectivity index (χ3v) is 6.72. The Hall–Kier alpha value is -3.86. The Morgan fingerprint density at radius 1 is 1.06 bits per heavy atom. The Kier molecular flexibility index (Phi) is 5.93.